The van der Waals surface area contributed by atoms with Crippen molar-refractivity contribution in [1.82, 2.24) is 15.0 Å². The van der Waals surface area contributed by atoms with Gasteiger partial charge in [-0.05, 0) is 30.7 Å². The van der Waals surface area contributed by atoms with Crippen molar-refractivity contribution in [3.63, 3.8) is 0 Å². The van der Waals surface area contributed by atoms with Crippen LogP contribution in [0.2, 0.25) is 0 Å². The van der Waals surface area contributed by atoms with Crippen molar-refractivity contribution in [3.05, 3.63) is 30.0 Å². The fourth-order valence-electron chi connectivity index (χ4n) is 2.59. The molecule has 0 fully saturated rings. The quantitative estimate of drug-likeness (QED) is 0.763. The van der Waals surface area contributed by atoms with Gasteiger partial charge < -0.3 is 20.9 Å². The third-order valence-corrected chi connectivity index (χ3v) is 3.73. The van der Waals surface area contributed by atoms with Gasteiger partial charge in [0, 0.05) is 17.3 Å². The molecule has 0 amide bonds. The molecule has 0 saturated heterocycles. The minimum atomic E-state index is 0.105. The molecule has 0 aliphatic rings. The summed E-state index contributed by atoms with van der Waals surface area (Å²) < 4.78 is 10.8. The van der Waals surface area contributed by atoms with Crippen LogP contribution in [0.1, 0.15) is 5.56 Å². The number of nitrogens with two attached hydrogens (primary N) is 2. The number of nitrogen functional groups attached to an aromatic ring is 2. The maximum absolute atomic E-state index is 6.00. The van der Waals surface area contributed by atoms with E-state index < -0.39 is 0 Å². The van der Waals surface area contributed by atoms with Crippen molar-refractivity contribution in [1.29, 1.82) is 0 Å². The molecule has 118 valence electrons. The lowest BCUT2D eigenvalue weighted by Crippen LogP contribution is -2.03. The number of rotatable bonds is 3. The average molecular weight is 311 g/mol. The van der Waals surface area contributed by atoms with Gasteiger partial charge in [-0.2, -0.15) is 9.97 Å². The zero-order valence-corrected chi connectivity index (χ0v) is 13.1. The fourth-order valence-corrected chi connectivity index (χ4v) is 2.59. The molecule has 7 heteroatoms. The number of benzene rings is 1. The van der Waals surface area contributed by atoms with Crippen molar-refractivity contribution in [3.8, 4) is 22.6 Å². The molecule has 2 heterocycles. The van der Waals surface area contributed by atoms with Gasteiger partial charge in [0.15, 0.2) is 5.65 Å². The number of aryl methyl sites for hydroxylation is 1. The van der Waals surface area contributed by atoms with Crippen LogP contribution in [0.15, 0.2) is 24.4 Å². The Bertz CT molecular complexity index is 895. The smallest absolute Gasteiger partial charge is 0.224 e. The first-order valence-electron chi connectivity index (χ1n) is 6.96. The Balaban J connectivity index is 2.31. The predicted molar refractivity (Wildman–Crippen MR) is 89.4 cm³/mol. The summed E-state index contributed by atoms with van der Waals surface area (Å²) in [7, 11) is 3.24. The maximum atomic E-state index is 6.00. The number of hydrogen-bond donors (Lipinski definition) is 2. The van der Waals surface area contributed by atoms with Crippen LogP contribution in [0.3, 0.4) is 0 Å². The van der Waals surface area contributed by atoms with Crippen LogP contribution in [-0.4, -0.2) is 29.2 Å². The van der Waals surface area contributed by atoms with E-state index in [0.717, 1.165) is 22.4 Å². The number of ether oxygens (including phenoxy) is 2. The first-order chi connectivity index (χ1) is 11.0. The van der Waals surface area contributed by atoms with Crippen molar-refractivity contribution in [2.75, 3.05) is 25.7 Å². The van der Waals surface area contributed by atoms with Crippen LogP contribution in [0.25, 0.3) is 22.2 Å². The molecular formula is C16H17N5O2. The van der Waals surface area contributed by atoms with Gasteiger partial charge in [0.05, 0.1) is 19.6 Å². The molecule has 3 aromatic rings. The Morgan fingerprint density at radius 3 is 2.48 bits per heavy atom. The van der Waals surface area contributed by atoms with E-state index in [0.29, 0.717) is 22.6 Å². The van der Waals surface area contributed by atoms with Gasteiger partial charge in [-0.1, -0.05) is 0 Å². The SMILES string of the molecule is COc1ccc(OC)c(-c2cnc3nc(N)nc(N)c3c2C)c1. The van der Waals surface area contributed by atoms with E-state index in [9.17, 15) is 0 Å². The first kappa shape index (κ1) is 14.8. The highest BCUT2D eigenvalue weighted by Gasteiger charge is 2.16. The van der Waals surface area contributed by atoms with Crippen molar-refractivity contribution >= 4 is 22.8 Å². The lowest BCUT2D eigenvalue weighted by Gasteiger charge is -2.14. The summed E-state index contributed by atoms with van der Waals surface area (Å²) in [6, 6.07) is 5.58. The molecule has 0 aliphatic carbocycles. The Kier molecular flexibility index (Phi) is 3.61. The highest BCUT2D eigenvalue weighted by atomic mass is 16.5. The molecule has 4 N–H and O–H groups in total. The van der Waals surface area contributed by atoms with Gasteiger partial charge in [0.2, 0.25) is 5.95 Å². The summed E-state index contributed by atoms with van der Waals surface area (Å²) in [6.07, 6.45) is 1.72. The standard InChI is InChI=1S/C16H17N5O2/c1-8-11(10-6-9(22-2)4-5-12(10)23-3)7-19-15-13(8)14(17)20-16(18)21-15/h4-7H,1-3H3,(H4,17,18,19,20,21). The summed E-state index contributed by atoms with van der Waals surface area (Å²) >= 11 is 0. The molecule has 0 bridgehead atoms. The van der Waals surface area contributed by atoms with E-state index in [1.54, 1.807) is 20.4 Å². The van der Waals surface area contributed by atoms with Crippen LogP contribution in [0.5, 0.6) is 11.5 Å². The van der Waals surface area contributed by atoms with Gasteiger partial charge >= 0.3 is 0 Å². The highest BCUT2D eigenvalue weighted by molar-refractivity contribution is 5.94. The summed E-state index contributed by atoms with van der Waals surface area (Å²) in [5.74, 6) is 1.85. The molecule has 3 rings (SSSR count). The van der Waals surface area contributed by atoms with Crippen LogP contribution in [-0.2, 0) is 0 Å². The largest absolute Gasteiger partial charge is 0.497 e. The average Bonchev–Trinajstić information content (AvgIpc) is 2.54. The number of aromatic nitrogens is 3. The molecule has 0 spiro atoms. The van der Waals surface area contributed by atoms with Crippen LogP contribution in [0, 0.1) is 6.92 Å². The van der Waals surface area contributed by atoms with E-state index >= 15 is 0 Å². The maximum Gasteiger partial charge on any atom is 0.224 e. The van der Waals surface area contributed by atoms with E-state index in [-0.39, 0.29) is 5.95 Å². The minimum absolute atomic E-state index is 0.105. The molecule has 0 unspecified atom stereocenters. The van der Waals surface area contributed by atoms with Gasteiger partial charge in [-0.3, -0.25) is 0 Å². The first-order valence-corrected chi connectivity index (χ1v) is 6.96. The second kappa shape index (κ2) is 5.60. The van der Waals surface area contributed by atoms with Gasteiger partial charge in [0.1, 0.15) is 17.3 Å². The Hall–Kier alpha value is -3.09. The summed E-state index contributed by atoms with van der Waals surface area (Å²) in [5, 5.41) is 0.682. The highest BCUT2D eigenvalue weighted by Crippen LogP contribution is 2.37. The van der Waals surface area contributed by atoms with Crippen LogP contribution in [0.4, 0.5) is 11.8 Å². The molecule has 0 aliphatic heterocycles. The topological polar surface area (TPSA) is 109 Å². The molecule has 1 aromatic carbocycles. The third-order valence-electron chi connectivity index (χ3n) is 3.73. The zero-order chi connectivity index (χ0) is 16.6. The van der Waals surface area contributed by atoms with Gasteiger partial charge in [-0.15, -0.1) is 0 Å². The zero-order valence-electron chi connectivity index (χ0n) is 13.1. The number of pyridine rings is 1. The molecular weight excluding hydrogens is 294 g/mol. The number of methoxy groups -OCH3 is 2. The van der Waals surface area contributed by atoms with E-state index in [1.807, 2.05) is 25.1 Å². The minimum Gasteiger partial charge on any atom is -0.497 e. The Labute approximate surface area is 133 Å². The number of hydrogen-bond acceptors (Lipinski definition) is 7. The van der Waals surface area contributed by atoms with Crippen molar-refractivity contribution in [2.45, 2.75) is 6.92 Å². The van der Waals surface area contributed by atoms with Gasteiger partial charge in [0.25, 0.3) is 0 Å². The summed E-state index contributed by atoms with van der Waals surface area (Å²) in [4.78, 5) is 12.5. The fraction of sp³-hybridized carbons (Fsp3) is 0.188. The second-order valence-corrected chi connectivity index (χ2v) is 5.03. The predicted octanol–water partition coefficient (Wildman–Crippen LogP) is 2.18. The summed E-state index contributed by atoms with van der Waals surface area (Å²) in [6.45, 7) is 1.94. The van der Waals surface area contributed by atoms with E-state index in [1.165, 1.54) is 0 Å². The Morgan fingerprint density at radius 1 is 1.00 bits per heavy atom. The Morgan fingerprint density at radius 2 is 1.78 bits per heavy atom. The lowest BCUT2D eigenvalue weighted by molar-refractivity contribution is 0.404. The van der Waals surface area contributed by atoms with Gasteiger partial charge in [-0.25, -0.2) is 4.98 Å². The molecule has 7 nitrogen and oxygen atoms in total. The monoisotopic (exact) mass is 311 g/mol. The molecule has 2 aromatic heterocycles. The van der Waals surface area contributed by atoms with Crippen LogP contribution < -0.4 is 20.9 Å². The number of nitrogens with zero attached hydrogens (tertiary/aromatic N) is 3. The van der Waals surface area contributed by atoms with Crippen molar-refractivity contribution in [2.24, 2.45) is 0 Å². The molecule has 0 atom stereocenters. The van der Waals surface area contributed by atoms with Crippen LogP contribution >= 0.6 is 0 Å². The third kappa shape index (κ3) is 2.46. The van der Waals surface area contributed by atoms with Crippen molar-refractivity contribution < 1.29 is 9.47 Å². The lowest BCUT2D eigenvalue weighted by atomic mass is 9.99. The summed E-state index contributed by atoms with van der Waals surface area (Å²) in [5.41, 5.74) is 14.7. The number of anilines is 2. The number of fused-ring (bicyclic) bond motifs is 1. The molecule has 23 heavy (non-hydrogen) atoms. The van der Waals surface area contributed by atoms with E-state index in [4.69, 9.17) is 20.9 Å². The normalized spacial score (nSPS) is 10.7. The molecule has 0 radical (unpaired) electrons. The second-order valence-electron chi connectivity index (χ2n) is 5.03. The molecule has 0 saturated carbocycles. The van der Waals surface area contributed by atoms with E-state index in [2.05, 4.69) is 15.0 Å².